The average molecular weight is 718 g/mol. The summed E-state index contributed by atoms with van der Waals surface area (Å²) >= 11 is 17.9. The van der Waals surface area contributed by atoms with E-state index in [0.717, 1.165) is 65.3 Å². The first kappa shape index (κ1) is 34.5. The number of nitrogens with zero attached hydrogens (tertiary/aromatic N) is 6. The fraction of sp³-hybridized carbons (Fsp3) is 0.278. The summed E-state index contributed by atoms with van der Waals surface area (Å²) < 4.78 is 3.52. The van der Waals surface area contributed by atoms with Crippen molar-refractivity contribution in [1.29, 1.82) is 0 Å². The molecule has 10 nitrogen and oxygen atoms in total. The normalized spacial score (nSPS) is 15.4. The fourth-order valence-electron chi connectivity index (χ4n) is 5.75. The van der Waals surface area contributed by atoms with Crippen molar-refractivity contribution in [3.63, 3.8) is 0 Å². The van der Waals surface area contributed by atoms with E-state index in [4.69, 9.17) is 40.5 Å². The van der Waals surface area contributed by atoms with Gasteiger partial charge in [-0.2, -0.15) is 5.10 Å². The van der Waals surface area contributed by atoms with Gasteiger partial charge in [0.15, 0.2) is 11.3 Å². The SMILES string of the molecule is Clc1cccc(-c2cnc3ccc(Cl)nn23)c1.NC1CCC(=O)CC1.O=C1CCC(Nc2ccc3ncc(-c4cccc(Cl)c4)n3n2)CC1. The third kappa shape index (κ3) is 9.01. The lowest BCUT2D eigenvalue weighted by atomic mass is 9.94. The molecule has 2 fully saturated rings. The zero-order valence-corrected chi connectivity index (χ0v) is 28.9. The molecule has 49 heavy (non-hydrogen) atoms. The molecule has 0 amide bonds. The molecule has 2 aliphatic carbocycles. The molecule has 252 valence electrons. The smallest absolute Gasteiger partial charge is 0.154 e. The number of aromatic nitrogens is 6. The highest BCUT2D eigenvalue weighted by Gasteiger charge is 2.19. The summed E-state index contributed by atoms with van der Waals surface area (Å²) in [5.74, 6) is 1.53. The molecule has 2 saturated carbocycles. The molecule has 4 heterocycles. The van der Waals surface area contributed by atoms with Crippen molar-refractivity contribution in [3.05, 3.63) is 100 Å². The van der Waals surface area contributed by atoms with Gasteiger partial charge in [-0.25, -0.2) is 19.0 Å². The topological polar surface area (TPSA) is 133 Å². The molecular formula is C36H35Cl3N8O2. The van der Waals surface area contributed by atoms with Crippen LogP contribution in [0.4, 0.5) is 5.82 Å². The molecular weight excluding hydrogens is 683 g/mol. The second kappa shape index (κ2) is 15.9. The van der Waals surface area contributed by atoms with Gasteiger partial charge in [0.25, 0.3) is 0 Å². The Labute approximate surface area is 298 Å². The third-order valence-electron chi connectivity index (χ3n) is 8.42. The van der Waals surface area contributed by atoms with Crippen molar-refractivity contribution in [2.45, 2.75) is 63.5 Å². The fourth-order valence-corrected chi connectivity index (χ4v) is 6.27. The van der Waals surface area contributed by atoms with E-state index in [9.17, 15) is 9.59 Å². The highest BCUT2D eigenvalue weighted by Crippen LogP contribution is 2.26. The number of imidazole rings is 2. The maximum atomic E-state index is 11.4. The molecule has 0 unspecified atom stereocenters. The van der Waals surface area contributed by atoms with Gasteiger partial charge in [-0.3, -0.25) is 9.59 Å². The van der Waals surface area contributed by atoms with Crippen LogP contribution in [-0.4, -0.2) is 52.8 Å². The lowest BCUT2D eigenvalue weighted by Crippen LogP contribution is -2.26. The molecule has 2 aromatic carbocycles. The number of nitrogens with one attached hydrogen (secondary N) is 1. The first-order chi connectivity index (χ1) is 23.7. The second-order valence-electron chi connectivity index (χ2n) is 12.1. The Morgan fingerprint density at radius 3 is 1.69 bits per heavy atom. The number of carbonyl (C=O) groups excluding carboxylic acids is 2. The van der Waals surface area contributed by atoms with Gasteiger partial charge < -0.3 is 11.1 Å². The number of carbonyl (C=O) groups is 2. The number of benzene rings is 2. The van der Waals surface area contributed by atoms with E-state index in [2.05, 4.69) is 25.5 Å². The second-order valence-corrected chi connectivity index (χ2v) is 13.3. The van der Waals surface area contributed by atoms with Crippen LogP contribution in [0.1, 0.15) is 51.4 Å². The summed E-state index contributed by atoms with van der Waals surface area (Å²) in [6.45, 7) is 0. The minimum Gasteiger partial charge on any atom is -0.366 e. The van der Waals surface area contributed by atoms with Crippen LogP contribution < -0.4 is 11.1 Å². The van der Waals surface area contributed by atoms with Gasteiger partial charge in [0.05, 0.1) is 23.8 Å². The number of nitrogens with two attached hydrogens (primary N) is 1. The molecule has 0 atom stereocenters. The third-order valence-corrected chi connectivity index (χ3v) is 9.09. The summed E-state index contributed by atoms with van der Waals surface area (Å²) in [5.41, 5.74) is 10.8. The molecule has 0 aliphatic heterocycles. The minimum absolute atomic E-state index is 0.297. The van der Waals surface area contributed by atoms with Crippen LogP contribution in [0.25, 0.3) is 33.8 Å². The van der Waals surface area contributed by atoms with E-state index in [0.29, 0.717) is 64.5 Å². The van der Waals surface area contributed by atoms with Crippen LogP contribution in [-0.2, 0) is 9.59 Å². The molecule has 0 saturated heterocycles. The number of ketones is 2. The van der Waals surface area contributed by atoms with Crippen LogP contribution >= 0.6 is 34.8 Å². The Bertz CT molecular complexity index is 2080. The Morgan fingerprint density at radius 1 is 0.653 bits per heavy atom. The van der Waals surface area contributed by atoms with E-state index >= 15 is 0 Å². The standard InChI is InChI=1S/C18H17ClN4O.C12H7Cl2N3.C6H11NO/c19-13-3-1-2-12(10-13)16-11-20-18-9-8-17(22-23(16)18)21-14-4-6-15(24)7-5-14;13-9-3-1-2-8(6-9)10-7-15-12-5-4-11(14)16-17(10)12;7-5-1-3-6(8)4-2-5/h1-3,8-11,14H,4-7H2,(H,21,22);1-7H;5H,1-4,7H2. The van der Waals surface area contributed by atoms with Gasteiger partial charge in [-0.15, -0.1) is 5.10 Å². The molecule has 3 N–H and O–H groups in total. The van der Waals surface area contributed by atoms with Crippen molar-refractivity contribution in [1.82, 2.24) is 29.2 Å². The van der Waals surface area contributed by atoms with Crippen molar-refractivity contribution < 1.29 is 9.59 Å². The maximum Gasteiger partial charge on any atom is 0.154 e. The van der Waals surface area contributed by atoms with Crippen LogP contribution in [0, 0.1) is 0 Å². The van der Waals surface area contributed by atoms with Crippen molar-refractivity contribution in [2.75, 3.05) is 5.32 Å². The summed E-state index contributed by atoms with van der Waals surface area (Å²) in [7, 11) is 0. The summed E-state index contributed by atoms with van der Waals surface area (Å²) in [6, 6.07) is 23.2. The van der Waals surface area contributed by atoms with E-state index < -0.39 is 0 Å². The highest BCUT2D eigenvalue weighted by molar-refractivity contribution is 6.31. The number of halogens is 3. The Hall–Kier alpha value is -4.35. The first-order valence-electron chi connectivity index (χ1n) is 16.1. The van der Waals surface area contributed by atoms with E-state index in [-0.39, 0.29) is 0 Å². The minimum atomic E-state index is 0.297. The number of anilines is 1. The Kier molecular flexibility index (Phi) is 11.2. The zero-order chi connectivity index (χ0) is 34.3. The van der Waals surface area contributed by atoms with Crippen LogP contribution in [0.5, 0.6) is 0 Å². The Balaban J connectivity index is 0.000000144. The summed E-state index contributed by atoms with van der Waals surface area (Å²) in [6.07, 6.45) is 9.81. The van der Waals surface area contributed by atoms with Crippen LogP contribution in [0.3, 0.4) is 0 Å². The number of hydrogen-bond donors (Lipinski definition) is 2. The van der Waals surface area contributed by atoms with E-state index in [1.807, 2.05) is 71.2 Å². The number of hydrogen-bond acceptors (Lipinski definition) is 8. The maximum absolute atomic E-state index is 11.4. The first-order valence-corrected chi connectivity index (χ1v) is 17.3. The van der Waals surface area contributed by atoms with Gasteiger partial charge >= 0.3 is 0 Å². The van der Waals surface area contributed by atoms with Crippen molar-refractivity contribution in [3.8, 4) is 22.5 Å². The van der Waals surface area contributed by atoms with Crippen LogP contribution in [0.15, 0.2) is 85.2 Å². The highest BCUT2D eigenvalue weighted by atomic mass is 35.5. The number of Topliss-reactive ketones (excluding diaryl/α,β-unsaturated/α-hetero) is 2. The lowest BCUT2D eigenvalue weighted by molar-refractivity contribution is -0.121. The predicted octanol–water partition coefficient (Wildman–Crippen LogP) is 8.13. The Morgan fingerprint density at radius 2 is 1.16 bits per heavy atom. The van der Waals surface area contributed by atoms with Gasteiger partial charge in [-0.1, -0.05) is 59.1 Å². The van der Waals surface area contributed by atoms with Gasteiger partial charge in [0, 0.05) is 58.9 Å². The summed E-state index contributed by atoms with van der Waals surface area (Å²) in [4.78, 5) is 30.6. The molecule has 13 heteroatoms. The molecule has 2 aliphatic rings. The van der Waals surface area contributed by atoms with Crippen molar-refractivity contribution in [2.24, 2.45) is 5.73 Å². The van der Waals surface area contributed by atoms with Crippen LogP contribution in [0.2, 0.25) is 15.2 Å². The van der Waals surface area contributed by atoms with Crippen molar-refractivity contribution >= 4 is 63.5 Å². The molecule has 4 aromatic heterocycles. The average Bonchev–Trinajstić information content (AvgIpc) is 3.72. The van der Waals surface area contributed by atoms with Gasteiger partial charge in [0.2, 0.25) is 0 Å². The van der Waals surface area contributed by atoms with E-state index in [1.165, 1.54) is 0 Å². The summed E-state index contributed by atoms with van der Waals surface area (Å²) in [5, 5.41) is 14.1. The number of rotatable bonds is 4. The molecule has 0 radical (unpaired) electrons. The zero-order valence-electron chi connectivity index (χ0n) is 26.6. The molecule has 6 aromatic rings. The quantitative estimate of drug-likeness (QED) is 0.187. The molecule has 0 bridgehead atoms. The van der Waals surface area contributed by atoms with Gasteiger partial charge in [0.1, 0.15) is 22.5 Å². The lowest BCUT2D eigenvalue weighted by Gasteiger charge is -2.22. The van der Waals surface area contributed by atoms with Gasteiger partial charge in [-0.05, 0) is 74.2 Å². The molecule has 0 spiro atoms. The largest absolute Gasteiger partial charge is 0.366 e. The molecule has 8 rings (SSSR count). The van der Waals surface area contributed by atoms with E-state index in [1.54, 1.807) is 23.0 Å². The predicted molar refractivity (Wildman–Crippen MR) is 194 cm³/mol. The number of fused-ring (bicyclic) bond motifs is 2. The monoisotopic (exact) mass is 716 g/mol.